The molecular weight excluding hydrogens is 412 g/mol. The summed E-state index contributed by atoms with van der Waals surface area (Å²) in [5.74, 6) is 0.953. The molecule has 0 spiro atoms. The van der Waals surface area contributed by atoms with Gasteiger partial charge in [0.1, 0.15) is 12.0 Å². The van der Waals surface area contributed by atoms with Crippen LogP contribution < -0.4 is 14.5 Å². The molecule has 3 amide bonds. The van der Waals surface area contributed by atoms with E-state index in [1.165, 1.54) is 9.80 Å². The van der Waals surface area contributed by atoms with Crippen LogP contribution in [0.2, 0.25) is 0 Å². The molecule has 9 nitrogen and oxygen atoms in total. The first-order valence-electron chi connectivity index (χ1n) is 10.4. The van der Waals surface area contributed by atoms with Gasteiger partial charge in [0, 0.05) is 43.7 Å². The minimum absolute atomic E-state index is 0.0659. The van der Waals surface area contributed by atoms with Crippen molar-refractivity contribution in [2.24, 2.45) is 5.92 Å². The van der Waals surface area contributed by atoms with Gasteiger partial charge in [-0.05, 0) is 29.8 Å². The fraction of sp³-hybridized carbons (Fsp3) is 0.304. The Hall–Kier alpha value is -3.88. The molecule has 0 radical (unpaired) electrons. The fourth-order valence-corrected chi connectivity index (χ4v) is 4.07. The van der Waals surface area contributed by atoms with Gasteiger partial charge in [0.05, 0.1) is 19.0 Å². The maximum Gasteiger partial charge on any atom is 0.332 e. The SMILES string of the molecule is COc1ccc(CN2C(=O)CCN(c3noc4cc(N5CC(C=O)C5)ccc34)C2=O)cc1. The number of fused-ring (bicyclic) bond motifs is 1. The van der Waals surface area contributed by atoms with Crippen molar-refractivity contribution >= 4 is 40.7 Å². The number of benzene rings is 2. The molecule has 0 N–H and O–H groups in total. The molecule has 3 aromatic rings. The molecule has 1 aromatic heterocycles. The highest BCUT2D eigenvalue weighted by Crippen LogP contribution is 2.33. The Kier molecular flexibility index (Phi) is 5.01. The number of carbonyl (C=O) groups is 3. The van der Waals surface area contributed by atoms with Crippen LogP contribution in [0.3, 0.4) is 0 Å². The molecule has 2 saturated heterocycles. The highest BCUT2D eigenvalue weighted by Gasteiger charge is 2.35. The zero-order valence-corrected chi connectivity index (χ0v) is 17.6. The summed E-state index contributed by atoms with van der Waals surface area (Å²) in [6, 6.07) is 12.5. The Morgan fingerprint density at radius 2 is 1.94 bits per heavy atom. The van der Waals surface area contributed by atoms with Gasteiger partial charge in [0.2, 0.25) is 5.91 Å². The average molecular weight is 434 g/mol. The molecule has 2 aliphatic heterocycles. The maximum atomic E-state index is 13.2. The van der Waals surface area contributed by atoms with E-state index in [1.54, 1.807) is 19.2 Å². The first kappa shape index (κ1) is 20.0. The van der Waals surface area contributed by atoms with Gasteiger partial charge >= 0.3 is 6.03 Å². The van der Waals surface area contributed by atoms with Crippen molar-refractivity contribution in [1.82, 2.24) is 10.1 Å². The fourth-order valence-electron chi connectivity index (χ4n) is 4.07. The number of urea groups is 1. The number of hydrogen-bond acceptors (Lipinski definition) is 7. The van der Waals surface area contributed by atoms with Crippen LogP contribution in [0.4, 0.5) is 16.3 Å². The molecule has 3 heterocycles. The number of aromatic nitrogens is 1. The van der Waals surface area contributed by atoms with Crippen molar-refractivity contribution < 1.29 is 23.6 Å². The van der Waals surface area contributed by atoms with E-state index in [1.807, 2.05) is 30.3 Å². The number of anilines is 2. The van der Waals surface area contributed by atoms with E-state index in [0.29, 0.717) is 35.6 Å². The molecule has 0 aliphatic carbocycles. The Labute approximate surface area is 184 Å². The van der Waals surface area contributed by atoms with Crippen LogP contribution in [0.25, 0.3) is 11.0 Å². The summed E-state index contributed by atoms with van der Waals surface area (Å²) in [4.78, 5) is 41.4. The highest BCUT2D eigenvalue weighted by molar-refractivity contribution is 6.08. The van der Waals surface area contributed by atoms with Gasteiger partial charge in [-0.1, -0.05) is 17.3 Å². The molecule has 2 aliphatic rings. The van der Waals surface area contributed by atoms with E-state index in [2.05, 4.69) is 10.1 Å². The van der Waals surface area contributed by atoms with Crippen LogP contribution in [0.15, 0.2) is 47.0 Å². The van der Waals surface area contributed by atoms with E-state index in [-0.39, 0.29) is 31.3 Å². The molecule has 5 rings (SSSR count). The summed E-state index contributed by atoms with van der Waals surface area (Å²) < 4.78 is 10.7. The predicted molar refractivity (Wildman–Crippen MR) is 117 cm³/mol. The summed E-state index contributed by atoms with van der Waals surface area (Å²) in [7, 11) is 1.58. The lowest BCUT2D eigenvalue weighted by atomic mass is 10.0. The molecule has 164 valence electrons. The second-order valence-corrected chi connectivity index (χ2v) is 8.00. The number of nitrogens with zero attached hydrogens (tertiary/aromatic N) is 4. The smallest absolute Gasteiger partial charge is 0.332 e. The van der Waals surface area contributed by atoms with Gasteiger partial charge in [-0.15, -0.1) is 0 Å². The summed E-state index contributed by atoms with van der Waals surface area (Å²) >= 11 is 0. The quantitative estimate of drug-likeness (QED) is 0.551. The minimum atomic E-state index is -0.423. The number of aldehydes is 1. The van der Waals surface area contributed by atoms with Gasteiger partial charge in [-0.3, -0.25) is 14.6 Å². The second-order valence-electron chi connectivity index (χ2n) is 8.00. The normalized spacial score (nSPS) is 17.1. The highest BCUT2D eigenvalue weighted by atomic mass is 16.5. The van der Waals surface area contributed by atoms with E-state index < -0.39 is 6.03 Å². The number of carbonyl (C=O) groups excluding carboxylic acids is 3. The van der Waals surface area contributed by atoms with Gasteiger partial charge < -0.3 is 19.0 Å². The van der Waals surface area contributed by atoms with Crippen LogP contribution in [0, 0.1) is 5.92 Å². The number of imide groups is 1. The Morgan fingerprint density at radius 3 is 2.66 bits per heavy atom. The van der Waals surface area contributed by atoms with Crippen LogP contribution in [0.1, 0.15) is 12.0 Å². The molecule has 0 atom stereocenters. The third kappa shape index (κ3) is 3.45. The first-order valence-corrected chi connectivity index (χ1v) is 10.4. The average Bonchev–Trinajstić information content (AvgIpc) is 3.19. The Bertz CT molecular complexity index is 1180. The zero-order valence-electron chi connectivity index (χ0n) is 17.6. The lowest BCUT2D eigenvalue weighted by molar-refractivity contribution is -0.129. The van der Waals surface area contributed by atoms with Crippen LogP contribution in [0.5, 0.6) is 5.75 Å². The summed E-state index contributed by atoms with van der Waals surface area (Å²) in [5.41, 5.74) is 2.32. The monoisotopic (exact) mass is 434 g/mol. The lowest BCUT2D eigenvalue weighted by Crippen LogP contribution is -2.52. The van der Waals surface area contributed by atoms with E-state index in [4.69, 9.17) is 9.26 Å². The zero-order chi connectivity index (χ0) is 22.2. The largest absolute Gasteiger partial charge is 0.497 e. The molecule has 2 fully saturated rings. The minimum Gasteiger partial charge on any atom is -0.497 e. The number of ether oxygens (including phenoxy) is 1. The molecule has 0 saturated carbocycles. The van der Waals surface area contributed by atoms with E-state index in [0.717, 1.165) is 17.5 Å². The summed E-state index contributed by atoms with van der Waals surface area (Å²) in [6.45, 7) is 1.78. The number of amides is 3. The van der Waals surface area contributed by atoms with Crippen molar-refractivity contribution in [2.75, 3.05) is 36.5 Å². The summed E-state index contributed by atoms with van der Waals surface area (Å²) in [6.07, 6.45) is 1.18. The molecular formula is C23H22N4O5. The molecule has 0 unspecified atom stereocenters. The van der Waals surface area contributed by atoms with Crippen molar-refractivity contribution in [1.29, 1.82) is 0 Å². The molecule has 9 heteroatoms. The predicted octanol–water partition coefficient (Wildman–Crippen LogP) is 2.83. The van der Waals surface area contributed by atoms with Gasteiger partial charge in [0.25, 0.3) is 0 Å². The van der Waals surface area contributed by atoms with Gasteiger partial charge in [-0.2, -0.15) is 0 Å². The second kappa shape index (κ2) is 7.99. The lowest BCUT2D eigenvalue weighted by Gasteiger charge is -2.38. The Balaban J connectivity index is 1.37. The number of methoxy groups -OCH3 is 1. The third-order valence-corrected chi connectivity index (χ3v) is 5.97. The van der Waals surface area contributed by atoms with Crippen LogP contribution in [-0.4, -0.2) is 55.0 Å². The standard InChI is InChI=1S/C23H22N4O5/c1-31-18-5-2-15(3-6-18)13-27-21(29)8-9-26(23(27)30)22-19-7-4-17(10-20(19)32-24-22)25-11-16(12-25)14-28/h2-7,10,14,16H,8-9,11-13H2,1H3. The van der Waals surface area contributed by atoms with Gasteiger partial charge in [0.15, 0.2) is 11.4 Å². The topological polar surface area (TPSA) is 96.2 Å². The van der Waals surface area contributed by atoms with Crippen molar-refractivity contribution in [3.63, 3.8) is 0 Å². The molecule has 2 aromatic carbocycles. The third-order valence-electron chi connectivity index (χ3n) is 5.97. The summed E-state index contributed by atoms with van der Waals surface area (Å²) in [5, 5.41) is 4.84. The maximum absolute atomic E-state index is 13.2. The number of rotatable bonds is 6. The number of hydrogen-bond donors (Lipinski definition) is 0. The van der Waals surface area contributed by atoms with Gasteiger partial charge in [-0.25, -0.2) is 4.79 Å². The van der Waals surface area contributed by atoms with Crippen molar-refractivity contribution in [3.05, 3.63) is 48.0 Å². The van der Waals surface area contributed by atoms with Crippen LogP contribution in [-0.2, 0) is 16.1 Å². The Morgan fingerprint density at radius 1 is 1.16 bits per heavy atom. The van der Waals surface area contributed by atoms with Crippen LogP contribution >= 0.6 is 0 Å². The first-order chi connectivity index (χ1) is 15.6. The molecule has 32 heavy (non-hydrogen) atoms. The van der Waals surface area contributed by atoms with Crippen molar-refractivity contribution in [3.8, 4) is 5.75 Å². The van der Waals surface area contributed by atoms with Crippen molar-refractivity contribution in [2.45, 2.75) is 13.0 Å². The molecule has 0 bridgehead atoms. The van der Waals surface area contributed by atoms with E-state index >= 15 is 0 Å². The van der Waals surface area contributed by atoms with E-state index in [9.17, 15) is 14.4 Å².